The summed E-state index contributed by atoms with van der Waals surface area (Å²) in [5.74, 6) is 5.48. The van der Waals surface area contributed by atoms with Gasteiger partial charge in [-0.25, -0.2) is 15.8 Å². The molecule has 0 saturated heterocycles. The number of anilines is 2. The van der Waals surface area contributed by atoms with Crippen LogP contribution >= 0.6 is 0 Å². The van der Waals surface area contributed by atoms with Gasteiger partial charge in [-0.1, -0.05) is 19.3 Å². The maximum Gasteiger partial charge on any atom is 0.354 e. The van der Waals surface area contributed by atoms with Gasteiger partial charge in [-0.2, -0.15) is 0 Å². The van der Waals surface area contributed by atoms with Gasteiger partial charge in [0.05, 0.1) is 11.5 Å². The number of aliphatic hydroxyl groups excluding tert-OH is 1. The summed E-state index contributed by atoms with van der Waals surface area (Å²) >= 11 is 0. The Morgan fingerprint density at radius 2 is 2.14 bits per heavy atom. The Hall–Kier alpha value is -2.00. The quantitative estimate of drug-likeness (QED) is 0.399. The van der Waals surface area contributed by atoms with Crippen molar-refractivity contribution in [3.63, 3.8) is 0 Å². The number of hydrogen-bond acceptors (Lipinski definition) is 8. The summed E-state index contributed by atoms with van der Waals surface area (Å²) in [6.45, 7) is 0.204. The van der Waals surface area contributed by atoms with Crippen molar-refractivity contribution in [2.45, 2.75) is 38.1 Å². The molecule has 0 radical (unpaired) electrons. The summed E-state index contributed by atoms with van der Waals surface area (Å²) in [7, 11) is 0. The monoisotopic (exact) mass is 296 g/mol. The van der Waals surface area contributed by atoms with E-state index in [-0.39, 0.29) is 30.0 Å². The average molecular weight is 296 g/mol. The summed E-state index contributed by atoms with van der Waals surface area (Å²) in [4.78, 5) is 20.5. The third-order valence-electron chi connectivity index (χ3n) is 3.75. The van der Waals surface area contributed by atoms with Crippen LogP contribution in [-0.2, 0) is 0 Å². The number of aliphatic hydroxyl groups is 1. The molecule has 0 aromatic carbocycles. The van der Waals surface area contributed by atoms with Crippen LogP contribution in [0.15, 0.2) is 6.33 Å². The van der Waals surface area contributed by atoms with Crippen LogP contribution in [0.4, 0.5) is 17.3 Å². The first-order valence-electron chi connectivity index (χ1n) is 7.02. The number of hydrogen-bond donors (Lipinski definition) is 3. The van der Waals surface area contributed by atoms with Crippen molar-refractivity contribution in [2.24, 2.45) is 5.84 Å². The molecule has 4 N–H and O–H groups in total. The lowest BCUT2D eigenvalue weighted by Gasteiger charge is -2.34. The van der Waals surface area contributed by atoms with E-state index in [1.165, 1.54) is 12.7 Å². The minimum absolute atomic E-state index is 0.0243. The molecule has 0 unspecified atom stereocenters. The second-order valence-corrected chi connectivity index (χ2v) is 5.00. The van der Waals surface area contributed by atoms with Gasteiger partial charge in [0.1, 0.15) is 6.33 Å². The average Bonchev–Trinajstić information content (AvgIpc) is 2.52. The molecule has 21 heavy (non-hydrogen) atoms. The van der Waals surface area contributed by atoms with Crippen LogP contribution in [0.25, 0.3) is 0 Å². The summed E-state index contributed by atoms with van der Waals surface area (Å²) in [5, 5.41) is 20.6. The number of nitrogens with one attached hydrogen (secondary N) is 1. The lowest BCUT2D eigenvalue weighted by molar-refractivity contribution is -0.383. The zero-order valence-electron chi connectivity index (χ0n) is 11.7. The molecule has 1 aliphatic carbocycles. The van der Waals surface area contributed by atoms with E-state index < -0.39 is 4.92 Å². The smallest absolute Gasteiger partial charge is 0.354 e. The van der Waals surface area contributed by atoms with Crippen molar-refractivity contribution < 1.29 is 10.0 Å². The molecular weight excluding hydrogens is 276 g/mol. The fourth-order valence-electron chi connectivity index (χ4n) is 2.82. The molecule has 1 saturated carbocycles. The summed E-state index contributed by atoms with van der Waals surface area (Å²) in [6.07, 6.45) is 6.44. The van der Waals surface area contributed by atoms with Crippen LogP contribution in [-0.4, -0.2) is 39.2 Å². The van der Waals surface area contributed by atoms with Gasteiger partial charge in [-0.05, 0) is 12.8 Å². The third-order valence-corrected chi connectivity index (χ3v) is 3.75. The van der Waals surface area contributed by atoms with Gasteiger partial charge in [0.15, 0.2) is 0 Å². The maximum absolute atomic E-state index is 11.3. The predicted octanol–water partition coefficient (Wildman–Crippen LogP) is 0.802. The Kier molecular flexibility index (Phi) is 5.23. The molecule has 1 fully saturated rings. The Morgan fingerprint density at radius 3 is 2.71 bits per heavy atom. The minimum Gasteiger partial charge on any atom is -0.395 e. The normalized spacial score (nSPS) is 15.7. The van der Waals surface area contributed by atoms with Crippen LogP contribution in [0.5, 0.6) is 0 Å². The van der Waals surface area contributed by atoms with Gasteiger partial charge in [-0.3, -0.25) is 10.1 Å². The van der Waals surface area contributed by atoms with Gasteiger partial charge >= 0.3 is 5.69 Å². The first-order chi connectivity index (χ1) is 10.2. The molecule has 1 aromatic heterocycles. The van der Waals surface area contributed by atoms with E-state index in [0.29, 0.717) is 6.54 Å². The van der Waals surface area contributed by atoms with Crippen LogP contribution in [0, 0.1) is 10.1 Å². The molecule has 1 heterocycles. The van der Waals surface area contributed by atoms with Gasteiger partial charge in [0.2, 0.25) is 11.6 Å². The van der Waals surface area contributed by atoms with Gasteiger partial charge < -0.3 is 15.4 Å². The number of nitrogen functional groups attached to an aromatic ring is 1. The number of nitrogens with two attached hydrogens (primary N) is 1. The predicted molar refractivity (Wildman–Crippen MR) is 77.8 cm³/mol. The van der Waals surface area contributed by atoms with Crippen LogP contribution < -0.4 is 16.2 Å². The second-order valence-electron chi connectivity index (χ2n) is 5.00. The van der Waals surface area contributed by atoms with Crippen molar-refractivity contribution >= 4 is 17.3 Å². The largest absolute Gasteiger partial charge is 0.395 e. The number of nitro groups is 1. The van der Waals surface area contributed by atoms with Crippen LogP contribution in [0.1, 0.15) is 32.1 Å². The molecule has 116 valence electrons. The fraction of sp³-hybridized carbons (Fsp3) is 0.667. The van der Waals surface area contributed by atoms with E-state index in [0.717, 1.165) is 25.7 Å². The Bertz CT molecular complexity index is 492. The van der Waals surface area contributed by atoms with Crippen LogP contribution in [0.2, 0.25) is 0 Å². The zero-order chi connectivity index (χ0) is 15.2. The Morgan fingerprint density at radius 1 is 1.43 bits per heavy atom. The number of hydrazine groups is 1. The SMILES string of the molecule is NNc1ncnc(N(CCO)C2CCCCC2)c1[N+](=O)[O-]. The molecule has 0 aliphatic heterocycles. The standard InChI is InChI=1S/C12H20N6O3/c13-16-11-10(18(20)21)12(15-8-14-11)17(6-7-19)9-4-2-1-3-5-9/h8-9,19H,1-7,13H2,(H,14,15,16). The Balaban J connectivity index is 2.41. The lowest BCUT2D eigenvalue weighted by Crippen LogP contribution is -2.40. The highest BCUT2D eigenvalue weighted by atomic mass is 16.6. The summed E-state index contributed by atoms with van der Waals surface area (Å²) in [6, 6.07) is 0.144. The lowest BCUT2D eigenvalue weighted by atomic mass is 9.94. The fourth-order valence-corrected chi connectivity index (χ4v) is 2.82. The number of nitrogens with zero attached hydrogens (tertiary/aromatic N) is 4. The van der Waals surface area contributed by atoms with Crippen molar-refractivity contribution in [2.75, 3.05) is 23.5 Å². The molecule has 0 bridgehead atoms. The number of rotatable bonds is 6. The maximum atomic E-state index is 11.3. The Labute approximate surface area is 122 Å². The third kappa shape index (κ3) is 3.37. The van der Waals surface area contributed by atoms with E-state index in [4.69, 9.17) is 5.84 Å². The van der Waals surface area contributed by atoms with Crippen molar-refractivity contribution in [1.29, 1.82) is 0 Å². The molecule has 9 heteroatoms. The highest BCUT2D eigenvalue weighted by Crippen LogP contribution is 2.35. The van der Waals surface area contributed by atoms with E-state index in [1.54, 1.807) is 4.90 Å². The van der Waals surface area contributed by atoms with Gasteiger partial charge in [0, 0.05) is 12.6 Å². The first kappa shape index (κ1) is 15.4. The first-order valence-corrected chi connectivity index (χ1v) is 7.02. The van der Waals surface area contributed by atoms with E-state index in [9.17, 15) is 15.2 Å². The summed E-state index contributed by atoms with van der Waals surface area (Å²) in [5.41, 5.74) is 1.98. The van der Waals surface area contributed by atoms with Crippen molar-refractivity contribution in [3.05, 3.63) is 16.4 Å². The molecule has 1 aliphatic rings. The van der Waals surface area contributed by atoms with Gasteiger partial charge in [0.25, 0.3) is 0 Å². The van der Waals surface area contributed by atoms with E-state index in [1.807, 2.05) is 0 Å². The van der Waals surface area contributed by atoms with E-state index >= 15 is 0 Å². The molecule has 0 amide bonds. The second kappa shape index (κ2) is 7.14. The van der Waals surface area contributed by atoms with Crippen molar-refractivity contribution in [1.82, 2.24) is 9.97 Å². The zero-order valence-corrected chi connectivity index (χ0v) is 11.7. The molecular formula is C12H20N6O3. The highest BCUT2D eigenvalue weighted by molar-refractivity contribution is 5.70. The van der Waals surface area contributed by atoms with Crippen molar-refractivity contribution in [3.8, 4) is 0 Å². The minimum atomic E-state index is -0.544. The molecule has 1 aromatic rings. The number of aromatic nitrogens is 2. The molecule has 0 atom stereocenters. The topological polar surface area (TPSA) is 130 Å². The van der Waals surface area contributed by atoms with Gasteiger partial charge in [-0.15, -0.1) is 0 Å². The molecule has 2 rings (SSSR count). The van der Waals surface area contributed by atoms with Crippen LogP contribution in [0.3, 0.4) is 0 Å². The highest BCUT2D eigenvalue weighted by Gasteiger charge is 2.31. The molecule has 9 nitrogen and oxygen atoms in total. The molecule has 0 spiro atoms. The summed E-state index contributed by atoms with van der Waals surface area (Å²) < 4.78 is 0. The van der Waals surface area contributed by atoms with E-state index in [2.05, 4.69) is 15.4 Å².